The maximum absolute atomic E-state index is 9.75. The van der Waals surface area contributed by atoms with Crippen molar-refractivity contribution in [3.05, 3.63) is 12.7 Å². The number of carboxylic acids is 1. The van der Waals surface area contributed by atoms with Crippen molar-refractivity contribution in [3.8, 4) is 0 Å². The van der Waals surface area contributed by atoms with Gasteiger partial charge in [-0.25, -0.2) is 4.79 Å². The maximum Gasteiger partial charge on any atom is 0.329 e. The van der Waals surface area contributed by atoms with E-state index in [-0.39, 0.29) is 0 Å². The van der Waals surface area contributed by atoms with Crippen molar-refractivity contribution in [1.29, 1.82) is 0 Å². The molecule has 0 radical (unpaired) electrons. The number of hydrogen-bond acceptors (Lipinski definition) is 3. The third-order valence-electron chi connectivity index (χ3n) is 0.579. The molecular weight excluding hydrogens is 124 g/mol. The summed E-state index contributed by atoms with van der Waals surface area (Å²) in [4.78, 5) is 9.75. The highest BCUT2D eigenvalue weighted by Gasteiger charge is 2.00. The van der Waals surface area contributed by atoms with Crippen molar-refractivity contribution >= 4 is 5.97 Å². The predicted octanol–water partition coefficient (Wildman–Crippen LogP) is -0.408. The van der Waals surface area contributed by atoms with E-state index in [0.717, 1.165) is 6.08 Å². The standard InChI is InChI=1S/C5H8O4/c1-2-5(8)9-3-4(6)7/h2,5,8H,1,3H2,(H,6,7). The van der Waals surface area contributed by atoms with Crippen LogP contribution in [-0.2, 0) is 9.53 Å². The Bertz CT molecular complexity index is 110. The Balaban J connectivity index is 3.26. The molecule has 9 heavy (non-hydrogen) atoms. The molecule has 0 spiro atoms. The van der Waals surface area contributed by atoms with Crippen LogP contribution in [0.25, 0.3) is 0 Å². The minimum Gasteiger partial charge on any atom is -0.480 e. The molecule has 0 saturated heterocycles. The molecule has 0 aliphatic carbocycles. The first-order valence-corrected chi connectivity index (χ1v) is 2.31. The highest BCUT2D eigenvalue weighted by molar-refractivity contribution is 5.68. The lowest BCUT2D eigenvalue weighted by Gasteiger charge is -2.02. The molecular formula is C5H8O4. The van der Waals surface area contributed by atoms with Crippen molar-refractivity contribution in [3.63, 3.8) is 0 Å². The molecule has 1 unspecified atom stereocenters. The number of aliphatic carboxylic acids is 1. The van der Waals surface area contributed by atoms with Gasteiger partial charge in [0.25, 0.3) is 0 Å². The van der Waals surface area contributed by atoms with Crippen molar-refractivity contribution in [2.45, 2.75) is 6.29 Å². The minimum atomic E-state index is -1.18. The Morgan fingerprint density at radius 3 is 2.78 bits per heavy atom. The molecule has 0 aliphatic heterocycles. The van der Waals surface area contributed by atoms with E-state index < -0.39 is 18.9 Å². The zero-order valence-corrected chi connectivity index (χ0v) is 4.78. The van der Waals surface area contributed by atoms with E-state index in [1.165, 1.54) is 0 Å². The second-order valence-electron chi connectivity index (χ2n) is 1.33. The Hall–Kier alpha value is -0.870. The van der Waals surface area contributed by atoms with E-state index in [0.29, 0.717) is 0 Å². The molecule has 0 fully saturated rings. The first kappa shape index (κ1) is 8.13. The van der Waals surface area contributed by atoms with Gasteiger partial charge in [-0.2, -0.15) is 0 Å². The third kappa shape index (κ3) is 4.99. The summed E-state index contributed by atoms with van der Waals surface area (Å²) in [6.45, 7) is 2.66. The van der Waals surface area contributed by atoms with E-state index in [2.05, 4.69) is 11.3 Å². The van der Waals surface area contributed by atoms with Crippen LogP contribution in [-0.4, -0.2) is 29.1 Å². The average Bonchev–Trinajstić information content (AvgIpc) is 1.83. The van der Waals surface area contributed by atoms with Crippen LogP contribution in [0.15, 0.2) is 12.7 Å². The highest BCUT2D eigenvalue weighted by atomic mass is 16.6. The van der Waals surface area contributed by atoms with Gasteiger partial charge in [-0.05, 0) is 6.08 Å². The smallest absolute Gasteiger partial charge is 0.329 e. The third-order valence-corrected chi connectivity index (χ3v) is 0.579. The molecule has 1 atom stereocenters. The molecule has 0 aromatic heterocycles. The summed E-state index contributed by atoms with van der Waals surface area (Å²) in [5.41, 5.74) is 0. The summed E-state index contributed by atoms with van der Waals surface area (Å²) >= 11 is 0. The van der Waals surface area contributed by atoms with Crippen LogP contribution >= 0.6 is 0 Å². The number of aliphatic hydroxyl groups excluding tert-OH is 1. The molecule has 0 aliphatic rings. The summed E-state index contributed by atoms with van der Waals surface area (Å²) in [7, 11) is 0. The molecule has 52 valence electrons. The maximum atomic E-state index is 9.75. The van der Waals surface area contributed by atoms with Gasteiger partial charge in [-0.1, -0.05) is 6.58 Å². The Morgan fingerprint density at radius 2 is 2.44 bits per heavy atom. The van der Waals surface area contributed by atoms with Gasteiger partial charge >= 0.3 is 5.97 Å². The summed E-state index contributed by atoms with van der Waals surface area (Å²) in [6, 6.07) is 0. The number of carbonyl (C=O) groups is 1. The van der Waals surface area contributed by atoms with Crippen LogP contribution < -0.4 is 0 Å². The molecule has 0 heterocycles. The van der Waals surface area contributed by atoms with Crippen LogP contribution in [0, 0.1) is 0 Å². The molecule has 4 heteroatoms. The lowest BCUT2D eigenvalue weighted by Crippen LogP contribution is -2.14. The number of aliphatic hydroxyl groups is 1. The zero-order chi connectivity index (χ0) is 7.28. The van der Waals surface area contributed by atoms with Crippen molar-refractivity contribution in [2.75, 3.05) is 6.61 Å². The topological polar surface area (TPSA) is 66.8 Å². The molecule has 2 N–H and O–H groups in total. The van der Waals surface area contributed by atoms with Gasteiger partial charge in [0.1, 0.15) is 6.61 Å². The van der Waals surface area contributed by atoms with E-state index in [9.17, 15) is 4.79 Å². The van der Waals surface area contributed by atoms with Crippen LogP contribution in [0.3, 0.4) is 0 Å². The van der Waals surface area contributed by atoms with Gasteiger partial charge in [0.15, 0.2) is 6.29 Å². The average molecular weight is 132 g/mol. The van der Waals surface area contributed by atoms with Gasteiger partial charge < -0.3 is 14.9 Å². The number of carboxylic acid groups (broad SMARTS) is 1. The summed E-state index contributed by atoms with van der Waals surface area (Å²) in [5, 5.41) is 16.5. The first-order chi connectivity index (χ1) is 4.16. The number of rotatable bonds is 4. The second-order valence-corrected chi connectivity index (χ2v) is 1.33. The normalized spacial score (nSPS) is 12.6. The van der Waals surface area contributed by atoms with Crippen molar-refractivity contribution < 1.29 is 19.7 Å². The van der Waals surface area contributed by atoms with E-state index in [4.69, 9.17) is 10.2 Å². The van der Waals surface area contributed by atoms with Crippen molar-refractivity contribution in [1.82, 2.24) is 0 Å². The Kier molecular flexibility index (Phi) is 3.66. The Morgan fingerprint density at radius 1 is 1.89 bits per heavy atom. The van der Waals surface area contributed by atoms with Gasteiger partial charge in [0, 0.05) is 0 Å². The summed E-state index contributed by atoms with van der Waals surface area (Å²) in [6.07, 6.45) is -0.0794. The summed E-state index contributed by atoms with van der Waals surface area (Å²) in [5.74, 6) is -1.11. The fraction of sp³-hybridized carbons (Fsp3) is 0.400. The van der Waals surface area contributed by atoms with Crippen LogP contribution in [0.5, 0.6) is 0 Å². The number of ether oxygens (including phenoxy) is 1. The van der Waals surface area contributed by atoms with Gasteiger partial charge in [-0.15, -0.1) is 0 Å². The van der Waals surface area contributed by atoms with Crippen LogP contribution in [0.4, 0.5) is 0 Å². The second kappa shape index (κ2) is 4.05. The highest BCUT2D eigenvalue weighted by Crippen LogP contribution is 1.85. The fourth-order valence-electron chi connectivity index (χ4n) is 0.225. The first-order valence-electron chi connectivity index (χ1n) is 2.31. The monoisotopic (exact) mass is 132 g/mol. The van der Waals surface area contributed by atoms with Crippen molar-refractivity contribution in [2.24, 2.45) is 0 Å². The van der Waals surface area contributed by atoms with E-state index in [1.807, 2.05) is 0 Å². The molecule has 0 aromatic carbocycles. The largest absolute Gasteiger partial charge is 0.480 e. The van der Waals surface area contributed by atoms with Gasteiger partial charge in [0.05, 0.1) is 0 Å². The van der Waals surface area contributed by atoms with E-state index >= 15 is 0 Å². The SMILES string of the molecule is C=CC(O)OCC(=O)O. The molecule has 0 amide bonds. The molecule has 0 aromatic rings. The molecule has 4 nitrogen and oxygen atoms in total. The van der Waals surface area contributed by atoms with Crippen LogP contribution in [0.2, 0.25) is 0 Å². The molecule has 0 bridgehead atoms. The van der Waals surface area contributed by atoms with Gasteiger partial charge in [-0.3, -0.25) is 0 Å². The lowest BCUT2D eigenvalue weighted by molar-refractivity contribution is -0.150. The number of hydrogen-bond donors (Lipinski definition) is 2. The van der Waals surface area contributed by atoms with E-state index in [1.54, 1.807) is 0 Å². The lowest BCUT2D eigenvalue weighted by atomic mass is 10.6. The zero-order valence-electron chi connectivity index (χ0n) is 4.78. The molecule has 0 saturated carbocycles. The van der Waals surface area contributed by atoms with Gasteiger partial charge in [0.2, 0.25) is 0 Å². The predicted molar refractivity (Wildman–Crippen MR) is 29.8 cm³/mol. The molecule has 0 rings (SSSR count). The fourth-order valence-corrected chi connectivity index (χ4v) is 0.225. The quantitative estimate of drug-likeness (QED) is 0.403. The minimum absolute atomic E-state index is 0.507. The Labute approximate surface area is 52.4 Å². The van der Waals surface area contributed by atoms with Crippen LogP contribution in [0.1, 0.15) is 0 Å². The summed E-state index contributed by atoms with van der Waals surface area (Å²) < 4.78 is 4.29.